The summed E-state index contributed by atoms with van der Waals surface area (Å²) in [6.07, 6.45) is -0.145. The molecule has 0 unspecified atom stereocenters. The molecule has 4 heteroatoms. The third-order valence-corrected chi connectivity index (χ3v) is 2.48. The maximum atomic E-state index is 11.9. The number of carbonyl (C=O) groups excluding carboxylic acids is 2. The Bertz CT molecular complexity index is 474. The van der Waals surface area contributed by atoms with Gasteiger partial charge in [0.25, 0.3) is 0 Å². The Morgan fingerprint density at radius 1 is 1.41 bits per heavy atom. The van der Waals surface area contributed by atoms with Gasteiger partial charge in [0.05, 0.1) is 13.2 Å². The molecule has 0 N–H and O–H groups in total. The molecule has 88 valence electrons. The quantitative estimate of drug-likeness (QED) is 0.586. The predicted molar refractivity (Wildman–Crippen MR) is 61.2 cm³/mol. The number of hydrogen-bond donors (Lipinski definition) is 0. The van der Waals surface area contributed by atoms with Crippen molar-refractivity contribution in [3.8, 4) is 6.07 Å². The van der Waals surface area contributed by atoms with Crippen molar-refractivity contribution in [1.82, 2.24) is 0 Å². The normalized spacial score (nSPS) is 11.4. The van der Waals surface area contributed by atoms with Gasteiger partial charge in [-0.25, -0.2) is 0 Å². The average molecular weight is 231 g/mol. The van der Waals surface area contributed by atoms with Crippen molar-refractivity contribution in [2.45, 2.75) is 13.3 Å². The number of rotatable bonds is 4. The average Bonchev–Trinajstić information content (AvgIpc) is 2.35. The van der Waals surface area contributed by atoms with E-state index in [2.05, 4.69) is 4.74 Å². The highest BCUT2D eigenvalue weighted by atomic mass is 16.5. The van der Waals surface area contributed by atoms with Crippen LogP contribution in [0.2, 0.25) is 0 Å². The van der Waals surface area contributed by atoms with Gasteiger partial charge in [-0.05, 0) is 12.5 Å². The zero-order valence-corrected chi connectivity index (χ0v) is 9.77. The van der Waals surface area contributed by atoms with Crippen LogP contribution in [0.25, 0.3) is 0 Å². The highest BCUT2D eigenvalue weighted by molar-refractivity contribution is 5.99. The molecule has 0 amide bonds. The van der Waals surface area contributed by atoms with E-state index in [1.807, 2.05) is 19.1 Å². The molecule has 0 radical (unpaired) electrons. The predicted octanol–water partition coefficient (Wildman–Crippen LogP) is 1.88. The van der Waals surface area contributed by atoms with Gasteiger partial charge in [-0.3, -0.25) is 9.59 Å². The van der Waals surface area contributed by atoms with Gasteiger partial charge in [-0.1, -0.05) is 24.3 Å². The molecule has 0 spiro atoms. The molecule has 0 aliphatic rings. The number of nitrogens with zero attached hydrogens (tertiary/aromatic N) is 1. The lowest BCUT2D eigenvalue weighted by atomic mass is 9.96. The lowest BCUT2D eigenvalue weighted by Gasteiger charge is -2.07. The van der Waals surface area contributed by atoms with E-state index in [0.29, 0.717) is 5.56 Å². The summed E-state index contributed by atoms with van der Waals surface area (Å²) in [5.74, 6) is -1.93. The number of hydrogen-bond acceptors (Lipinski definition) is 4. The Kier molecular flexibility index (Phi) is 4.41. The van der Waals surface area contributed by atoms with Crippen molar-refractivity contribution in [3.05, 3.63) is 35.4 Å². The zero-order chi connectivity index (χ0) is 12.8. The van der Waals surface area contributed by atoms with E-state index in [1.54, 1.807) is 18.2 Å². The summed E-state index contributed by atoms with van der Waals surface area (Å²) in [4.78, 5) is 23.1. The topological polar surface area (TPSA) is 67.2 Å². The molecule has 0 saturated carbocycles. The summed E-state index contributed by atoms with van der Waals surface area (Å²) < 4.78 is 4.46. The molecule has 0 aliphatic carbocycles. The maximum absolute atomic E-state index is 11.9. The van der Waals surface area contributed by atoms with Crippen LogP contribution in [0.1, 0.15) is 22.3 Å². The van der Waals surface area contributed by atoms with Gasteiger partial charge in [0.2, 0.25) is 0 Å². The van der Waals surface area contributed by atoms with E-state index in [4.69, 9.17) is 5.26 Å². The minimum atomic E-state index is -1.04. The Morgan fingerprint density at radius 2 is 2.06 bits per heavy atom. The molecular formula is C13H13NO3. The van der Waals surface area contributed by atoms with Crippen molar-refractivity contribution >= 4 is 11.8 Å². The van der Waals surface area contributed by atoms with Crippen molar-refractivity contribution in [3.63, 3.8) is 0 Å². The van der Waals surface area contributed by atoms with Gasteiger partial charge in [-0.2, -0.15) is 5.26 Å². The number of esters is 1. The number of methoxy groups -OCH3 is 1. The lowest BCUT2D eigenvalue weighted by molar-refractivity contribution is -0.143. The van der Waals surface area contributed by atoms with Crippen LogP contribution in [-0.2, 0) is 9.53 Å². The third kappa shape index (κ3) is 3.15. The number of ketones is 1. The third-order valence-electron chi connectivity index (χ3n) is 2.48. The maximum Gasteiger partial charge on any atom is 0.323 e. The summed E-state index contributed by atoms with van der Waals surface area (Å²) in [5, 5.41) is 8.79. The lowest BCUT2D eigenvalue weighted by Crippen LogP contribution is -2.18. The second kappa shape index (κ2) is 5.80. The van der Waals surface area contributed by atoms with E-state index < -0.39 is 11.9 Å². The van der Waals surface area contributed by atoms with E-state index in [-0.39, 0.29) is 12.2 Å². The first-order valence-electron chi connectivity index (χ1n) is 5.16. The van der Waals surface area contributed by atoms with Crippen LogP contribution in [0.3, 0.4) is 0 Å². The van der Waals surface area contributed by atoms with Gasteiger partial charge >= 0.3 is 5.97 Å². The van der Waals surface area contributed by atoms with Gasteiger partial charge in [0.15, 0.2) is 11.7 Å². The fourth-order valence-electron chi connectivity index (χ4n) is 1.51. The second-order valence-corrected chi connectivity index (χ2v) is 3.65. The first-order valence-corrected chi connectivity index (χ1v) is 5.16. The van der Waals surface area contributed by atoms with Crippen molar-refractivity contribution in [1.29, 1.82) is 5.26 Å². The SMILES string of the molecule is COC(=O)[C@H](C#N)CC(=O)c1ccccc1C. The van der Waals surface area contributed by atoms with Crippen LogP contribution < -0.4 is 0 Å². The Hall–Kier alpha value is -2.15. The molecule has 0 fully saturated rings. The largest absolute Gasteiger partial charge is 0.468 e. The monoisotopic (exact) mass is 231 g/mol. The summed E-state index contributed by atoms with van der Waals surface area (Å²) in [6.45, 7) is 1.81. The molecule has 0 aromatic heterocycles. The molecule has 0 heterocycles. The van der Waals surface area contributed by atoms with E-state index >= 15 is 0 Å². The number of ether oxygens (including phenoxy) is 1. The fraction of sp³-hybridized carbons (Fsp3) is 0.308. The van der Waals surface area contributed by atoms with E-state index in [1.165, 1.54) is 7.11 Å². The summed E-state index contributed by atoms with van der Waals surface area (Å²) in [5.41, 5.74) is 1.37. The molecule has 0 bridgehead atoms. The smallest absolute Gasteiger partial charge is 0.323 e. The molecular weight excluding hydrogens is 218 g/mol. The second-order valence-electron chi connectivity index (χ2n) is 3.65. The van der Waals surface area contributed by atoms with Gasteiger partial charge in [-0.15, -0.1) is 0 Å². The number of Topliss-reactive ketones (excluding diaryl/α,β-unsaturated/α-hetero) is 1. The molecule has 1 atom stereocenters. The molecule has 1 aromatic rings. The van der Waals surface area contributed by atoms with Crippen molar-refractivity contribution in [2.24, 2.45) is 5.92 Å². The summed E-state index contributed by atoms with van der Waals surface area (Å²) in [7, 11) is 1.20. The minimum absolute atomic E-state index is 0.145. The first kappa shape index (κ1) is 12.9. The molecule has 0 aliphatic heterocycles. The van der Waals surface area contributed by atoms with Crippen LogP contribution >= 0.6 is 0 Å². The van der Waals surface area contributed by atoms with Gasteiger partial charge in [0.1, 0.15) is 0 Å². The number of benzene rings is 1. The van der Waals surface area contributed by atoms with Crippen LogP contribution in [-0.4, -0.2) is 18.9 Å². The zero-order valence-electron chi connectivity index (χ0n) is 9.77. The van der Waals surface area contributed by atoms with E-state index in [9.17, 15) is 9.59 Å². The van der Waals surface area contributed by atoms with Crippen LogP contribution in [0.15, 0.2) is 24.3 Å². The minimum Gasteiger partial charge on any atom is -0.468 e. The molecule has 17 heavy (non-hydrogen) atoms. The Labute approximate surface area is 99.8 Å². The van der Waals surface area contributed by atoms with Crippen LogP contribution in [0, 0.1) is 24.2 Å². The fourth-order valence-corrected chi connectivity index (χ4v) is 1.51. The molecule has 1 rings (SSSR count). The van der Waals surface area contributed by atoms with Crippen LogP contribution in [0.5, 0.6) is 0 Å². The molecule has 1 aromatic carbocycles. The summed E-state index contributed by atoms with van der Waals surface area (Å²) in [6, 6.07) is 8.85. The van der Waals surface area contributed by atoms with Crippen molar-refractivity contribution in [2.75, 3.05) is 7.11 Å². The van der Waals surface area contributed by atoms with Gasteiger partial charge < -0.3 is 4.74 Å². The first-order chi connectivity index (χ1) is 8.10. The Balaban J connectivity index is 2.83. The van der Waals surface area contributed by atoms with Gasteiger partial charge in [0, 0.05) is 12.0 Å². The van der Waals surface area contributed by atoms with Crippen molar-refractivity contribution < 1.29 is 14.3 Å². The van der Waals surface area contributed by atoms with Crippen LogP contribution in [0.4, 0.5) is 0 Å². The molecule has 4 nitrogen and oxygen atoms in total. The van der Waals surface area contributed by atoms with E-state index in [0.717, 1.165) is 5.56 Å². The number of carbonyl (C=O) groups is 2. The summed E-state index contributed by atoms with van der Waals surface area (Å²) >= 11 is 0. The number of aryl methyl sites for hydroxylation is 1. The molecule has 0 saturated heterocycles. The highest BCUT2D eigenvalue weighted by Crippen LogP contribution is 2.14. The number of nitriles is 1. The standard InChI is InChI=1S/C13H13NO3/c1-9-5-3-4-6-11(9)12(15)7-10(8-14)13(16)17-2/h3-6,10H,7H2,1-2H3/t10-/m0/s1. The Morgan fingerprint density at radius 3 is 2.59 bits per heavy atom. The highest BCUT2D eigenvalue weighted by Gasteiger charge is 2.23.